The molecule has 6 nitrogen and oxygen atoms in total. The molecule has 0 aromatic carbocycles. The lowest BCUT2D eigenvalue weighted by atomic mass is 9.70. The number of hydrogen-bond donors (Lipinski definition) is 5. The summed E-state index contributed by atoms with van der Waals surface area (Å²) in [6, 6.07) is 0. The van der Waals surface area contributed by atoms with Crippen LogP contribution in [0.25, 0.3) is 0 Å². The van der Waals surface area contributed by atoms with Crippen LogP contribution >= 0.6 is 0 Å². The Hall–Kier alpha value is -0.625. The number of aliphatic hydroxyl groups excluding tert-OH is 1. The zero-order chi connectivity index (χ0) is 12.3. The number of aliphatic hydroxyl groups is 1. The maximum atomic E-state index is 11.0. The van der Waals surface area contributed by atoms with E-state index in [-0.39, 0.29) is 18.7 Å². The van der Waals surface area contributed by atoms with Gasteiger partial charge in [-0.2, -0.15) is 0 Å². The summed E-state index contributed by atoms with van der Waals surface area (Å²) >= 11 is 0. The largest absolute Gasteiger partial charge is 0.480 e. The molecule has 16 heavy (non-hydrogen) atoms. The zero-order valence-corrected chi connectivity index (χ0v) is 9.04. The molecule has 0 aromatic rings. The van der Waals surface area contributed by atoms with E-state index < -0.39 is 24.7 Å². The van der Waals surface area contributed by atoms with Gasteiger partial charge < -0.3 is 26.0 Å². The van der Waals surface area contributed by atoms with Crippen molar-refractivity contribution in [1.29, 1.82) is 0 Å². The fraction of sp³-hybridized carbons (Fsp3) is 0.889. The molecular weight excluding hydrogens is 213 g/mol. The number of nitrogens with two attached hydrogens (primary N) is 1. The van der Waals surface area contributed by atoms with Crippen LogP contribution in [0.1, 0.15) is 25.7 Å². The lowest BCUT2D eigenvalue weighted by molar-refractivity contribution is -0.151. The van der Waals surface area contributed by atoms with Gasteiger partial charge >= 0.3 is 13.1 Å². The molecule has 0 spiro atoms. The number of carboxylic acid groups (broad SMARTS) is 1. The number of hydrogen-bond acceptors (Lipinski definition) is 5. The molecule has 0 bridgehead atoms. The summed E-state index contributed by atoms with van der Waals surface area (Å²) in [5, 5.41) is 36.0. The van der Waals surface area contributed by atoms with Crippen molar-refractivity contribution >= 4 is 13.1 Å². The third-order valence-corrected chi connectivity index (χ3v) is 3.30. The second kappa shape index (κ2) is 5.14. The summed E-state index contributed by atoms with van der Waals surface area (Å²) in [5.41, 5.74) is 4.07. The van der Waals surface area contributed by atoms with Gasteiger partial charge in [0.15, 0.2) is 0 Å². The Morgan fingerprint density at radius 3 is 2.56 bits per heavy atom. The Labute approximate surface area is 94.2 Å². The Morgan fingerprint density at radius 2 is 2.06 bits per heavy atom. The Morgan fingerprint density at radius 1 is 1.44 bits per heavy atom. The monoisotopic (exact) mass is 231 g/mol. The molecule has 1 fully saturated rings. The molecule has 0 saturated heterocycles. The highest BCUT2D eigenvalue weighted by atomic mass is 16.4. The minimum absolute atomic E-state index is 0.0197. The second-order valence-electron chi connectivity index (χ2n) is 4.57. The van der Waals surface area contributed by atoms with E-state index in [1.807, 2.05) is 0 Å². The molecule has 0 aliphatic heterocycles. The molecule has 0 radical (unpaired) electrons. The summed E-state index contributed by atoms with van der Waals surface area (Å²) in [5.74, 6) is -1.18. The van der Waals surface area contributed by atoms with E-state index >= 15 is 0 Å². The summed E-state index contributed by atoms with van der Waals surface area (Å²) in [4.78, 5) is 11.0. The Kier molecular flexibility index (Phi) is 4.31. The number of rotatable bonds is 4. The van der Waals surface area contributed by atoms with E-state index in [4.69, 9.17) is 20.9 Å². The molecule has 7 heteroatoms. The van der Waals surface area contributed by atoms with Gasteiger partial charge in [0.05, 0.1) is 6.10 Å². The van der Waals surface area contributed by atoms with Crippen molar-refractivity contribution in [2.45, 2.75) is 43.6 Å². The van der Waals surface area contributed by atoms with Gasteiger partial charge in [0.25, 0.3) is 0 Å². The van der Waals surface area contributed by atoms with Crippen molar-refractivity contribution < 1.29 is 25.1 Å². The second-order valence-corrected chi connectivity index (χ2v) is 4.57. The van der Waals surface area contributed by atoms with E-state index in [0.717, 1.165) is 0 Å². The quantitative estimate of drug-likeness (QED) is 0.387. The number of carbonyl (C=O) groups is 1. The molecule has 3 atom stereocenters. The minimum atomic E-state index is -1.59. The van der Waals surface area contributed by atoms with Crippen LogP contribution < -0.4 is 5.73 Å². The first-order chi connectivity index (χ1) is 7.36. The van der Waals surface area contributed by atoms with E-state index in [9.17, 15) is 9.90 Å². The Balaban J connectivity index is 2.57. The molecule has 6 N–H and O–H groups in total. The summed E-state index contributed by atoms with van der Waals surface area (Å²) in [6.45, 7) is 0. The van der Waals surface area contributed by atoms with E-state index in [1.54, 1.807) is 0 Å². The lowest BCUT2D eigenvalue weighted by Crippen LogP contribution is -2.60. The lowest BCUT2D eigenvalue weighted by Gasteiger charge is -2.38. The average Bonchev–Trinajstić information content (AvgIpc) is 2.19. The first-order valence-corrected chi connectivity index (χ1v) is 5.42. The SMILES string of the molecule is N[C@]1(C(=O)O)C[C@@H](CCB(O)O)CC[C@H]1O. The van der Waals surface area contributed by atoms with Gasteiger partial charge in [-0.25, -0.2) is 0 Å². The summed E-state index contributed by atoms with van der Waals surface area (Å²) < 4.78 is 0. The van der Waals surface area contributed by atoms with Crippen LogP contribution in [-0.4, -0.2) is 45.0 Å². The summed E-state index contributed by atoms with van der Waals surface area (Å²) in [6.07, 6.45) is 0.874. The standard InChI is InChI=1S/C9H18BNO5/c11-9(8(13)14)5-6(1-2-7(9)12)3-4-10(15)16/h6-7,12,15-16H,1-5,11H2,(H,13,14)/t6-,7-,9-/m1/s1. The average molecular weight is 231 g/mol. The Bertz CT molecular complexity index is 262. The first kappa shape index (κ1) is 13.4. The van der Waals surface area contributed by atoms with Gasteiger partial charge in [0.1, 0.15) is 5.54 Å². The van der Waals surface area contributed by atoms with Gasteiger partial charge in [0, 0.05) is 0 Å². The van der Waals surface area contributed by atoms with Gasteiger partial charge in [0.2, 0.25) is 0 Å². The van der Waals surface area contributed by atoms with Crippen LogP contribution in [0.5, 0.6) is 0 Å². The number of aliphatic carboxylic acids is 1. The van der Waals surface area contributed by atoms with E-state index in [1.165, 1.54) is 0 Å². The maximum absolute atomic E-state index is 11.0. The summed E-state index contributed by atoms with van der Waals surface area (Å²) in [7, 11) is -1.37. The highest BCUT2D eigenvalue weighted by Gasteiger charge is 2.46. The molecule has 0 aromatic heterocycles. The van der Waals surface area contributed by atoms with Crippen molar-refractivity contribution in [3.05, 3.63) is 0 Å². The molecule has 1 rings (SSSR count). The highest BCUT2D eigenvalue weighted by Crippen LogP contribution is 2.34. The molecule has 0 heterocycles. The van der Waals surface area contributed by atoms with Crippen LogP contribution in [0.2, 0.25) is 6.32 Å². The van der Waals surface area contributed by atoms with Crippen molar-refractivity contribution in [1.82, 2.24) is 0 Å². The predicted molar refractivity (Wildman–Crippen MR) is 57.5 cm³/mol. The topological polar surface area (TPSA) is 124 Å². The van der Waals surface area contributed by atoms with E-state index in [2.05, 4.69) is 0 Å². The molecule has 1 aliphatic rings. The third kappa shape index (κ3) is 2.94. The molecular formula is C9H18BNO5. The van der Waals surface area contributed by atoms with Gasteiger partial charge in [-0.3, -0.25) is 4.79 Å². The van der Waals surface area contributed by atoms with Gasteiger partial charge in [-0.05, 0) is 31.5 Å². The number of carboxylic acids is 1. The predicted octanol–water partition coefficient (Wildman–Crippen LogP) is -1.21. The maximum Gasteiger partial charge on any atom is 0.451 e. The van der Waals surface area contributed by atoms with Gasteiger partial charge in [-0.1, -0.05) is 6.42 Å². The van der Waals surface area contributed by atoms with Crippen LogP contribution in [0, 0.1) is 5.92 Å². The fourth-order valence-corrected chi connectivity index (χ4v) is 2.23. The molecule has 1 aliphatic carbocycles. The normalized spacial score (nSPS) is 34.8. The van der Waals surface area contributed by atoms with Crippen molar-refractivity contribution in [2.75, 3.05) is 0 Å². The van der Waals surface area contributed by atoms with Crippen LogP contribution in [0.15, 0.2) is 0 Å². The molecule has 0 amide bonds. The first-order valence-electron chi connectivity index (χ1n) is 5.42. The fourth-order valence-electron chi connectivity index (χ4n) is 2.23. The highest BCUT2D eigenvalue weighted by molar-refractivity contribution is 6.40. The molecule has 92 valence electrons. The van der Waals surface area contributed by atoms with Crippen LogP contribution in [-0.2, 0) is 4.79 Å². The van der Waals surface area contributed by atoms with Crippen LogP contribution in [0.4, 0.5) is 0 Å². The smallest absolute Gasteiger partial charge is 0.451 e. The molecule has 0 unspecified atom stereocenters. The van der Waals surface area contributed by atoms with Crippen molar-refractivity contribution in [3.8, 4) is 0 Å². The zero-order valence-electron chi connectivity index (χ0n) is 9.04. The van der Waals surface area contributed by atoms with Crippen molar-refractivity contribution in [3.63, 3.8) is 0 Å². The van der Waals surface area contributed by atoms with Crippen molar-refractivity contribution in [2.24, 2.45) is 11.7 Å². The third-order valence-electron chi connectivity index (χ3n) is 3.30. The van der Waals surface area contributed by atoms with E-state index in [0.29, 0.717) is 19.3 Å². The molecule has 1 saturated carbocycles. The minimum Gasteiger partial charge on any atom is -0.480 e. The van der Waals surface area contributed by atoms with Crippen LogP contribution in [0.3, 0.4) is 0 Å². The van der Waals surface area contributed by atoms with Gasteiger partial charge in [-0.15, -0.1) is 0 Å².